The van der Waals surface area contributed by atoms with Crippen molar-refractivity contribution in [3.8, 4) is 5.69 Å². The third-order valence-corrected chi connectivity index (χ3v) is 2.01. The van der Waals surface area contributed by atoms with Crippen LogP contribution in [0.2, 0.25) is 0 Å². The van der Waals surface area contributed by atoms with Crippen LogP contribution in [0, 0.1) is 5.82 Å². The van der Waals surface area contributed by atoms with Crippen LogP contribution in [0.25, 0.3) is 5.69 Å². The number of halogens is 1. The normalized spacial score (nSPS) is 10.3. The molecule has 82 valence electrons. The topological polar surface area (TPSA) is 68.0 Å². The Kier molecular flexibility index (Phi) is 2.63. The molecule has 0 radical (unpaired) electrons. The van der Waals surface area contributed by atoms with Crippen LogP contribution in [-0.2, 0) is 11.2 Å². The third kappa shape index (κ3) is 2.05. The summed E-state index contributed by atoms with van der Waals surface area (Å²) in [5.41, 5.74) is 0.854. The van der Waals surface area contributed by atoms with Crippen LogP contribution in [-0.4, -0.2) is 26.1 Å². The van der Waals surface area contributed by atoms with Crippen LogP contribution >= 0.6 is 0 Å². The summed E-state index contributed by atoms with van der Waals surface area (Å²) in [6.45, 7) is 0. The maximum Gasteiger partial charge on any atom is 0.309 e. The van der Waals surface area contributed by atoms with E-state index in [1.807, 2.05) is 0 Å². The lowest BCUT2D eigenvalue weighted by Crippen LogP contribution is -2.08. The molecule has 1 aromatic heterocycles. The molecule has 6 heteroatoms. The summed E-state index contributed by atoms with van der Waals surface area (Å²) < 4.78 is 14.3. The standard InChI is InChI=1S/C10H8FN3O2/c11-7-2-1-3-8(4-7)14-9(5-10(15)16)6-12-13-14/h1-4,6H,5H2,(H,15,16). The highest BCUT2D eigenvalue weighted by molar-refractivity contribution is 5.69. The van der Waals surface area contributed by atoms with Gasteiger partial charge in [0, 0.05) is 0 Å². The number of aliphatic carboxylic acids is 1. The Morgan fingerprint density at radius 2 is 2.31 bits per heavy atom. The van der Waals surface area contributed by atoms with Crippen LogP contribution in [0.3, 0.4) is 0 Å². The summed E-state index contributed by atoms with van der Waals surface area (Å²) in [5.74, 6) is -1.39. The summed E-state index contributed by atoms with van der Waals surface area (Å²) in [5, 5.41) is 16.0. The van der Waals surface area contributed by atoms with Gasteiger partial charge in [-0.1, -0.05) is 11.3 Å². The number of hydrogen-bond donors (Lipinski definition) is 1. The molecule has 1 aromatic carbocycles. The van der Waals surface area contributed by atoms with Gasteiger partial charge < -0.3 is 5.11 Å². The van der Waals surface area contributed by atoms with Crippen molar-refractivity contribution in [3.05, 3.63) is 42.0 Å². The zero-order chi connectivity index (χ0) is 11.5. The number of nitrogens with zero attached hydrogens (tertiary/aromatic N) is 3. The number of carboxylic acids is 1. The first-order chi connectivity index (χ1) is 7.66. The van der Waals surface area contributed by atoms with E-state index in [1.54, 1.807) is 6.07 Å². The summed E-state index contributed by atoms with van der Waals surface area (Å²) in [7, 11) is 0. The molecule has 0 saturated heterocycles. The fourth-order valence-electron chi connectivity index (χ4n) is 1.36. The fourth-order valence-corrected chi connectivity index (χ4v) is 1.36. The summed E-state index contributed by atoms with van der Waals surface area (Å²) in [4.78, 5) is 10.6. The van der Waals surface area contributed by atoms with Crippen molar-refractivity contribution in [2.45, 2.75) is 6.42 Å². The summed E-state index contributed by atoms with van der Waals surface area (Å²) in [6, 6.07) is 5.72. The van der Waals surface area contributed by atoms with Crippen LogP contribution in [0.15, 0.2) is 30.5 Å². The number of carbonyl (C=O) groups is 1. The van der Waals surface area contributed by atoms with Gasteiger partial charge in [-0.05, 0) is 18.2 Å². The Labute approximate surface area is 90.1 Å². The van der Waals surface area contributed by atoms with Crippen molar-refractivity contribution in [2.24, 2.45) is 0 Å². The second-order valence-electron chi connectivity index (χ2n) is 3.19. The third-order valence-electron chi connectivity index (χ3n) is 2.01. The van der Waals surface area contributed by atoms with E-state index < -0.39 is 11.8 Å². The molecule has 0 amide bonds. The predicted molar refractivity (Wildman–Crippen MR) is 52.7 cm³/mol. The Morgan fingerprint density at radius 1 is 1.50 bits per heavy atom. The average molecular weight is 221 g/mol. The molecule has 0 aliphatic carbocycles. The molecule has 1 N–H and O–H groups in total. The Hall–Kier alpha value is -2.24. The number of rotatable bonds is 3. The maximum atomic E-state index is 13.0. The van der Waals surface area contributed by atoms with E-state index in [2.05, 4.69) is 10.3 Å². The minimum Gasteiger partial charge on any atom is -0.481 e. The molecule has 1 heterocycles. The molecule has 16 heavy (non-hydrogen) atoms. The van der Waals surface area contributed by atoms with Crippen LogP contribution in [0.4, 0.5) is 4.39 Å². The first-order valence-electron chi connectivity index (χ1n) is 4.54. The molecule has 0 aliphatic heterocycles. The highest BCUT2D eigenvalue weighted by Gasteiger charge is 2.10. The molecule has 2 aromatic rings. The second-order valence-corrected chi connectivity index (χ2v) is 3.19. The molecular weight excluding hydrogens is 213 g/mol. The largest absolute Gasteiger partial charge is 0.481 e. The van der Waals surface area contributed by atoms with Gasteiger partial charge in [0.1, 0.15) is 5.82 Å². The van der Waals surface area contributed by atoms with Gasteiger partial charge in [-0.15, -0.1) is 5.10 Å². The molecule has 0 fully saturated rings. The Morgan fingerprint density at radius 3 is 3.00 bits per heavy atom. The highest BCUT2D eigenvalue weighted by atomic mass is 19.1. The quantitative estimate of drug-likeness (QED) is 0.840. The van der Waals surface area contributed by atoms with E-state index in [0.29, 0.717) is 11.4 Å². The van der Waals surface area contributed by atoms with Gasteiger partial charge in [-0.25, -0.2) is 9.07 Å². The highest BCUT2D eigenvalue weighted by Crippen LogP contribution is 2.11. The Bertz CT molecular complexity index is 524. The zero-order valence-electron chi connectivity index (χ0n) is 8.17. The van der Waals surface area contributed by atoms with Crippen molar-refractivity contribution in [1.29, 1.82) is 0 Å². The number of aromatic nitrogens is 3. The van der Waals surface area contributed by atoms with E-state index in [9.17, 15) is 9.18 Å². The molecule has 0 atom stereocenters. The summed E-state index contributed by atoms with van der Waals surface area (Å²) in [6.07, 6.45) is 1.14. The van der Waals surface area contributed by atoms with E-state index in [4.69, 9.17) is 5.11 Å². The van der Waals surface area contributed by atoms with E-state index in [1.165, 1.54) is 29.1 Å². The second kappa shape index (κ2) is 4.09. The zero-order valence-corrected chi connectivity index (χ0v) is 8.17. The molecule has 0 saturated carbocycles. The van der Waals surface area contributed by atoms with Gasteiger partial charge in [-0.3, -0.25) is 4.79 Å². The molecular formula is C10H8FN3O2. The molecule has 2 rings (SSSR count). The van der Waals surface area contributed by atoms with Gasteiger partial charge in [0.2, 0.25) is 0 Å². The SMILES string of the molecule is O=C(O)Cc1cnnn1-c1cccc(F)c1. The number of hydrogen-bond acceptors (Lipinski definition) is 3. The van der Waals surface area contributed by atoms with E-state index >= 15 is 0 Å². The molecule has 5 nitrogen and oxygen atoms in total. The lowest BCUT2D eigenvalue weighted by Gasteiger charge is -2.03. The van der Waals surface area contributed by atoms with Gasteiger partial charge in [0.15, 0.2) is 0 Å². The van der Waals surface area contributed by atoms with Crippen molar-refractivity contribution >= 4 is 5.97 Å². The predicted octanol–water partition coefficient (Wildman–Crippen LogP) is 1.03. The van der Waals surface area contributed by atoms with Crippen LogP contribution in [0.5, 0.6) is 0 Å². The van der Waals surface area contributed by atoms with Gasteiger partial charge >= 0.3 is 5.97 Å². The fraction of sp³-hybridized carbons (Fsp3) is 0.100. The first-order valence-corrected chi connectivity index (χ1v) is 4.54. The van der Waals surface area contributed by atoms with Crippen LogP contribution < -0.4 is 0 Å². The minimum atomic E-state index is -0.986. The molecule has 0 bridgehead atoms. The monoisotopic (exact) mass is 221 g/mol. The Balaban J connectivity index is 2.40. The average Bonchev–Trinajstić information content (AvgIpc) is 2.65. The lowest BCUT2D eigenvalue weighted by atomic mass is 10.3. The maximum absolute atomic E-state index is 13.0. The van der Waals surface area contributed by atoms with Gasteiger partial charge in [0.05, 0.1) is 24.0 Å². The smallest absolute Gasteiger partial charge is 0.309 e. The van der Waals surface area contributed by atoms with Gasteiger partial charge in [0.25, 0.3) is 0 Å². The van der Waals surface area contributed by atoms with Crippen molar-refractivity contribution in [1.82, 2.24) is 15.0 Å². The van der Waals surface area contributed by atoms with E-state index in [-0.39, 0.29) is 6.42 Å². The van der Waals surface area contributed by atoms with Crippen molar-refractivity contribution in [2.75, 3.05) is 0 Å². The van der Waals surface area contributed by atoms with E-state index in [0.717, 1.165) is 0 Å². The van der Waals surface area contributed by atoms with Crippen molar-refractivity contribution < 1.29 is 14.3 Å². The molecule has 0 aliphatic rings. The number of benzene rings is 1. The molecule has 0 unspecified atom stereocenters. The van der Waals surface area contributed by atoms with Gasteiger partial charge in [-0.2, -0.15) is 0 Å². The lowest BCUT2D eigenvalue weighted by molar-refractivity contribution is -0.136. The first kappa shape index (κ1) is 10.3. The minimum absolute atomic E-state index is 0.205. The summed E-state index contributed by atoms with van der Waals surface area (Å²) >= 11 is 0. The van der Waals surface area contributed by atoms with Crippen LogP contribution in [0.1, 0.15) is 5.69 Å². The number of carboxylic acid groups (broad SMARTS) is 1. The van der Waals surface area contributed by atoms with Crippen molar-refractivity contribution in [3.63, 3.8) is 0 Å². The molecule has 0 spiro atoms.